The Balaban J connectivity index is 3.09. The predicted octanol–water partition coefficient (Wildman–Crippen LogP) is 3.43. The molecule has 0 aromatic heterocycles. The molecule has 0 amide bonds. The van der Waals surface area contributed by atoms with Gasteiger partial charge in [0.2, 0.25) is 0 Å². The van der Waals surface area contributed by atoms with Gasteiger partial charge in [-0.05, 0) is 0 Å². The van der Waals surface area contributed by atoms with Gasteiger partial charge in [-0.25, -0.2) is 0 Å². The Morgan fingerprint density at radius 3 is 1.56 bits per heavy atom. The molecule has 0 radical (unpaired) electrons. The summed E-state index contributed by atoms with van der Waals surface area (Å²) in [6, 6.07) is 9.37. The molecule has 1 aromatic carbocycles. The van der Waals surface area contributed by atoms with Gasteiger partial charge in [0.25, 0.3) is 0 Å². The van der Waals surface area contributed by atoms with Crippen LogP contribution in [0, 0.1) is 0 Å². The maximum atomic E-state index is 10.8. The van der Waals surface area contributed by atoms with Crippen molar-refractivity contribution in [2.24, 2.45) is 0 Å². The van der Waals surface area contributed by atoms with E-state index in [1.807, 2.05) is 71.9 Å². The molecule has 0 saturated carbocycles. The van der Waals surface area contributed by atoms with Crippen LogP contribution in [-0.2, 0) is 9.05 Å². The summed E-state index contributed by atoms with van der Waals surface area (Å²) in [7, 11) is -3.40. The van der Waals surface area contributed by atoms with Gasteiger partial charge in [0, 0.05) is 0 Å². The van der Waals surface area contributed by atoms with E-state index < -0.39 is 19.1 Å². The van der Waals surface area contributed by atoms with Crippen molar-refractivity contribution in [3.05, 3.63) is 30.3 Å². The average molecular weight is 272 g/mol. The molecule has 1 N–H and O–H groups in total. The van der Waals surface area contributed by atoms with Crippen LogP contribution in [0.1, 0.15) is 41.5 Å². The fraction of sp³-hybridized carbons (Fsp3) is 0.571. The molecule has 18 heavy (non-hydrogen) atoms. The normalized spacial score (nSPS) is 14.6. The zero-order valence-corrected chi connectivity index (χ0v) is 13.2. The summed E-state index contributed by atoms with van der Waals surface area (Å²) in [6.07, 6.45) is 0. The first kappa shape index (κ1) is 15.6. The molecular formula is C14H25O3P. The molecule has 0 aliphatic carbocycles. The predicted molar refractivity (Wildman–Crippen MR) is 78.3 cm³/mol. The Morgan fingerprint density at radius 1 is 0.833 bits per heavy atom. The minimum atomic E-state index is -3.40. The van der Waals surface area contributed by atoms with Crippen molar-refractivity contribution in [1.29, 1.82) is 0 Å². The molecule has 3 nitrogen and oxygen atoms in total. The van der Waals surface area contributed by atoms with Crippen LogP contribution < -0.4 is 5.30 Å². The summed E-state index contributed by atoms with van der Waals surface area (Å²) in [6.45, 7) is 11.5. The maximum absolute atomic E-state index is 10.8. The van der Waals surface area contributed by atoms with Crippen LogP contribution >= 0.6 is 7.94 Å². The van der Waals surface area contributed by atoms with E-state index in [1.165, 1.54) is 0 Å². The Labute approximate surface area is 111 Å². The second-order valence-corrected chi connectivity index (χ2v) is 8.53. The molecule has 0 spiro atoms. The van der Waals surface area contributed by atoms with Gasteiger partial charge >= 0.3 is 110 Å². The van der Waals surface area contributed by atoms with Gasteiger partial charge < -0.3 is 0 Å². The summed E-state index contributed by atoms with van der Waals surface area (Å²) in [4.78, 5) is 10.8. The van der Waals surface area contributed by atoms with E-state index in [0.29, 0.717) is 0 Å². The summed E-state index contributed by atoms with van der Waals surface area (Å²) in [5, 5.41) is 0.731. The van der Waals surface area contributed by atoms with Crippen molar-refractivity contribution >= 4 is 13.2 Å². The molecule has 1 rings (SSSR count). The quantitative estimate of drug-likeness (QED) is 0.857. The molecule has 0 saturated heterocycles. The molecule has 104 valence electrons. The monoisotopic (exact) mass is 272 g/mol. The number of benzene rings is 1. The zero-order chi connectivity index (χ0) is 14.0. The van der Waals surface area contributed by atoms with Gasteiger partial charge in [0.1, 0.15) is 0 Å². The van der Waals surface area contributed by atoms with Gasteiger partial charge in [-0.3, -0.25) is 0 Å². The number of hydrogen-bond acceptors (Lipinski definition) is 3. The summed E-state index contributed by atoms with van der Waals surface area (Å²) < 4.78 is 11.7. The molecule has 0 atom stereocenters. The summed E-state index contributed by atoms with van der Waals surface area (Å²) in [5.41, 5.74) is -0.913. The van der Waals surface area contributed by atoms with E-state index in [9.17, 15) is 4.89 Å². The second kappa shape index (κ2) is 5.26. The fourth-order valence-corrected chi connectivity index (χ4v) is 4.17. The van der Waals surface area contributed by atoms with Crippen LogP contribution in [0.4, 0.5) is 0 Å². The van der Waals surface area contributed by atoms with E-state index >= 15 is 0 Å². The van der Waals surface area contributed by atoms with Crippen LogP contribution in [0.15, 0.2) is 30.3 Å². The minimum absolute atomic E-state index is 0.456. The Morgan fingerprint density at radius 2 is 1.22 bits per heavy atom. The van der Waals surface area contributed by atoms with Crippen LogP contribution in [0.5, 0.6) is 0 Å². The summed E-state index contributed by atoms with van der Waals surface area (Å²) >= 11 is 0. The van der Waals surface area contributed by atoms with E-state index in [1.54, 1.807) is 0 Å². The number of hydrogen-bond donors (Lipinski definition) is 1. The second-order valence-electron chi connectivity index (χ2n) is 6.38. The van der Waals surface area contributed by atoms with Crippen molar-refractivity contribution in [1.82, 2.24) is 0 Å². The molecule has 0 heterocycles. The van der Waals surface area contributed by atoms with Crippen molar-refractivity contribution in [2.45, 2.75) is 52.7 Å². The number of rotatable bonds is 3. The standard InChI is InChI=1S/C14H25O3P/c1-13(2,3)16-18(15,17-14(4,5)6)12-10-8-7-9-11-12/h7-11,15,18H,1-6H3. The Bertz CT molecular complexity index is 360. The molecule has 1 aromatic rings. The molecule has 0 aliphatic rings. The third-order valence-electron chi connectivity index (χ3n) is 2.03. The molecular weight excluding hydrogens is 247 g/mol. The third kappa shape index (κ3) is 5.03. The van der Waals surface area contributed by atoms with Crippen molar-refractivity contribution in [2.75, 3.05) is 0 Å². The van der Waals surface area contributed by atoms with E-state index in [2.05, 4.69) is 0 Å². The van der Waals surface area contributed by atoms with Crippen molar-refractivity contribution in [3.63, 3.8) is 0 Å². The summed E-state index contributed by atoms with van der Waals surface area (Å²) in [5.74, 6) is 0. The zero-order valence-electron chi connectivity index (χ0n) is 12.2. The van der Waals surface area contributed by atoms with Gasteiger partial charge in [-0.1, -0.05) is 0 Å². The molecule has 0 unspecified atom stereocenters. The van der Waals surface area contributed by atoms with Crippen molar-refractivity contribution in [3.8, 4) is 0 Å². The van der Waals surface area contributed by atoms with Crippen LogP contribution in [0.3, 0.4) is 0 Å². The van der Waals surface area contributed by atoms with Gasteiger partial charge in [0.15, 0.2) is 0 Å². The molecule has 0 fully saturated rings. The van der Waals surface area contributed by atoms with E-state index in [0.717, 1.165) is 5.30 Å². The average Bonchev–Trinajstić information content (AvgIpc) is 2.13. The SMILES string of the molecule is CC(C)(C)O[PH](O)(OC(C)(C)C)c1ccccc1. The van der Waals surface area contributed by atoms with Crippen molar-refractivity contribution < 1.29 is 13.9 Å². The van der Waals surface area contributed by atoms with Crippen LogP contribution in [-0.4, -0.2) is 16.1 Å². The fourth-order valence-electron chi connectivity index (χ4n) is 1.62. The van der Waals surface area contributed by atoms with Gasteiger partial charge in [-0.2, -0.15) is 0 Å². The van der Waals surface area contributed by atoms with Gasteiger partial charge in [-0.15, -0.1) is 0 Å². The first-order chi connectivity index (χ1) is 8.02. The Kier molecular flexibility index (Phi) is 4.56. The van der Waals surface area contributed by atoms with Crippen LogP contribution in [0.25, 0.3) is 0 Å². The van der Waals surface area contributed by atoms with Gasteiger partial charge in [0.05, 0.1) is 0 Å². The van der Waals surface area contributed by atoms with Crippen LogP contribution in [0.2, 0.25) is 0 Å². The third-order valence-corrected chi connectivity index (χ3v) is 4.87. The van der Waals surface area contributed by atoms with E-state index in [-0.39, 0.29) is 0 Å². The topological polar surface area (TPSA) is 38.7 Å². The van der Waals surface area contributed by atoms with E-state index in [4.69, 9.17) is 9.05 Å². The molecule has 0 aliphatic heterocycles. The molecule has 0 bridgehead atoms. The molecule has 4 heteroatoms. The first-order valence-corrected chi connectivity index (χ1v) is 7.96. The first-order valence-electron chi connectivity index (χ1n) is 6.20. The Hall–Kier alpha value is -0.470.